The van der Waals surface area contributed by atoms with E-state index in [-0.39, 0.29) is 0 Å². The zero-order valence-electron chi connectivity index (χ0n) is 15.1. The summed E-state index contributed by atoms with van der Waals surface area (Å²) >= 11 is 0. The number of pyridine rings is 1. The van der Waals surface area contributed by atoms with E-state index in [0.29, 0.717) is 11.4 Å². The molecule has 1 aromatic heterocycles. The molecule has 0 aliphatic heterocycles. The number of benzene rings is 1. The van der Waals surface area contributed by atoms with E-state index in [1.54, 1.807) is 12.1 Å². The zero-order valence-corrected chi connectivity index (χ0v) is 15.1. The number of hydrogen-bond donors (Lipinski definition) is 2. The summed E-state index contributed by atoms with van der Waals surface area (Å²) < 4.78 is 5.69. The van der Waals surface area contributed by atoms with E-state index < -0.39 is 5.91 Å². The first-order valence-electron chi connectivity index (χ1n) is 9.44. The summed E-state index contributed by atoms with van der Waals surface area (Å²) in [4.78, 5) is 15.1. The van der Waals surface area contributed by atoms with E-state index >= 15 is 0 Å². The van der Waals surface area contributed by atoms with Gasteiger partial charge in [0.2, 0.25) is 11.8 Å². The molecule has 138 valence electrons. The minimum Gasteiger partial charge on any atom is -0.439 e. The van der Waals surface area contributed by atoms with Crippen LogP contribution in [-0.4, -0.2) is 24.0 Å². The van der Waals surface area contributed by atoms with E-state index in [1.165, 1.54) is 43.9 Å². The van der Waals surface area contributed by atoms with Crippen LogP contribution >= 0.6 is 0 Å². The van der Waals surface area contributed by atoms with Gasteiger partial charge in [0.25, 0.3) is 0 Å². The molecule has 5 heteroatoms. The molecular weight excluding hydrogens is 326 g/mol. The molecule has 0 atom stereocenters. The van der Waals surface area contributed by atoms with Crippen molar-refractivity contribution in [2.75, 3.05) is 13.1 Å². The van der Waals surface area contributed by atoms with Gasteiger partial charge >= 0.3 is 0 Å². The lowest BCUT2D eigenvalue weighted by Gasteiger charge is -2.21. The number of nitrogens with one attached hydrogen (secondary N) is 1. The van der Waals surface area contributed by atoms with Crippen molar-refractivity contribution in [3.05, 3.63) is 53.7 Å². The highest BCUT2D eigenvalue weighted by molar-refractivity contribution is 5.92. The Labute approximate surface area is 155 Å². The fraction of sp³-hybridized carbons (Fsp3) is 0.429. The van der Waals surface area contributed by atoms with E-state index in [2.05, 4.69) is 22.4 Å². The number of carbonyl (C=O) groups excluding carboxylic acids is 1. The van der Waals surface area contributed by atoms with Crippen molar-refractivity contribution in [3.63, 3.8) is 0 Å². The Morgan fingerprint density at radius 3 is 2.54 bits per heavy atom. The molecule has 3 rings (SSSR count). The monoisotopic (exact) mass is 353 g/mol. The van der Waals surface area contributed by atoms with Crippen LogP contribution in [-0.2, 0) is 6.42 Å². The molecule has 1 aliphatic rings. The van der Waals surface area contributed by atoms with Crippen LogP contribution in [0.15, 0.2) is 42.6 Å². The average molecular weight is 353 g/mol. The van der Waals surface area contributed by atoms with Crippen molar-refractivity contribution in [3.8, 4) is 11.6 Å². The van der Waals surface area contributed by atoms with E-state index in [1.807, 2.05) is 12.1 Å². The number of hydrogen-bond acceptors (Lipinski definition) is 4. The first-order valence-corrected chi connectivity index (χ1v) is 9.44. The second-order valence-electron chi connectivity index (χ2n) is 6.95. The third kappa shape index (κ3) is 5.56. The number of primary amides is 1. The third-order valence-corrected chi connectivity index (χ3v) is 4.91. The molecule has 1 fully saturated rings. The number of nitrogens with two attached hydrogens (primary N) is 1. The molecule has 26 heavy (non-hydrogen) atoms. The van der Waals surface area contributed by atoms with Crippen molar-refractivity contribution in [1.82, 2.24) is 10.3 Å². The second kappa shape index (κ2) is 9.34. The molecule has 1 aromatic carbocycles. The standard InChI is InChI=1S/C21H27N3O2/c22-21(25)18-8-11-20(24-15-18)26-19-9-6-16(7-10-19)12-13-23-14-17-4-2-1-3-5-17/h6-11,15,17,23H,1-5,12-14H2,(H2,22,25). The molecule has 0 radical (unpaired) electrons. The van der Waals surface area contributed by atoms with Gasteiger partial charge in [-0.05, 0) is 62.0 Å². The smallest absolute Gasteiger partial charge is 0.250 e. The van der Waals surface area contributed by atoms with Crippen LogP contribution in [0.5, 0.6) is 11.6 Å². The van der Waals surface area contributed by atoms with Crippen LogP contribution in [0.3, 0.4) is 0 Å². The van der Waals surface area contributed by atoms with Crippen LogP contribution in [0.2, 0.25) is 0 Å². The molecule has 3 N–H and O–H groups in total. The summed E-state index contributed by atoms with van der Waals surface area (Å²) in [7, 11) is 0. The summed E-state index contributed by atoms with van der Waals surface area (Å²) in [6.45, 7) is 2.15. The number of ether oxygens (including phenoxy) is 1. The topological polar surface area (TPSA) is 77.2 Å². The summed E-state index contributed by atoms with van der Waals surface area (Å²) in [6.07, 6.45) is 9.40. The van der Waals surface area contributed by atoms with Crippen LogP contribution in [0.1, 0.15) is 48.0 Å². The van der Waals surface area contributed by atoms with Gasteiger partial charge < -0.3 is 15.8 Å². The van der Waals surface area contributed by atoms with Crippen LogP contribution < -0.4 is 15.8 Å². The molecule has 0 saturated heterocycles. The van der Waals surface area contributed by atoms with Crippen molar-refractivity contribution < 1.29 is 9.53 Å². The number of aromatic nitrogens is 1. The van der Waals surface area contributed by atoms with E-state index in [4.69, 9.17) is 10.5 Å². The maximum Gasteiger partial charge on any atom is 0.250 e. The maximum atomic E-state index is 11.0. The summed E-state index contributed by atoms with van der Waals surface area (Å²) in [5, 5.41) is 3.59. The van der Waals surface area contributed by atoms with Crippen molar-refractivity contribution in [1.29, 1.82) is 0 Å². The molecule has 0 bridgehead atoms. The van der Waals surface area contributed by atoms with Crippen molar-refractivity contribution >= 4 is 5.91 Å². The van der Waals surface area contributed by atoms with Crippen LogP contribution in [0, 0.1) is 5.92 Å². The van der Waals surface area contributed by atoms with Crippen molar-refractivity contribution in [2.24, 2.45) is 11.7 Å². The fourth-order valence-corrected chi connectivity index (χ4v) is 3.36. The molecule has 0 spiro atoms. The highest BCUT2D eigenvalue weighted by Gasteiger charge is 2.12. The molecule has 0 unspecified atom stereocenters. The number of rotatable bonds is 8. The Hall–Kier alpha value is -2.40. The van der Waals surface area contributed by atoms with Crippen LogP contribution in [0.4, 0.5) is 0 Å². The Bertz CT molecular complexity index is 692. The van der Waals surface area contributed by atoms with E-state index in [9.17, 15) is 4.79 Å². The minimum atomic E-state index is -0.495. The molecule has 5 nitrogen and oxygen atoms in total. The average Bonchev–Trinajstić information content (AvgIpc) is 2.68. The third-order valence-electron chi connectivity index (χ3n) is 4.91. The predicted molar refractivity (Wildman–Crippen MR) is 102 cm³/mol. The largest absolute Gasteiger partial charge is 0.439 e. The van der Waals surface area contributed by atoms with Crippen molar-refractivity contribution in [2.45, 2.75) is 38.5 Å². The highest BCUT2D eigenvalue weighted by atomic mass is 16.5. The Morgan fingerprint density at radius 1 is 1.12 bits per heavy atom. The number of nitrogens with zero attached hydrogens (tertiary/aromatic N) is 1. The lowest BCUT2D eigenvalue weighted by molar-refractivity contribution is 0.1000. The Kier molecular flexibility index (Phi) is 6.61. The SMILES string of the molecule is NC(=O)c1ccc(Oc2ccc(CCNCC3CCCCC3)cc2)nc1. The van der Waals surface area contributed by atoms with Crippen LogP contribution in [0.25, 0.3) is 0 Å². The Balaban J connectivity index is 1.42. The molecule has 2 aromatic rings. The molecule has 1 heterocycles. The van der Waals surface area contributed by atoms with Gasteiger partial charge in [-0.2, -0.15) is 0 Å². The number of amides is 1. The molecule has 1 amide bonds. The van der Waals surface area contributed by atoms with Gasteiger partial charge in [-0.25, -0.2) is 4.98 Å². The predicted octanol–water partition coefficient (Wildman–Crippen LogP) is 3.69. The van der Waals surface area contributed by atoms with Gasteiger partial charge in [0.15, 0.2) is 0 Å². The van der Waals surface area contributed by atoms with Gasteiger partial charge in [-0.15, -0.1) is 0 Å². The number of carbonyl (C=O) groups is 1. The van der Waals surface area contributed by atoms with Gasteiger partial charge in [0, 0.05) is 12.3 Å². The summed E-state index contributed by atoms with van der Waals surface area (Å²) in [5.74, 6) is 1.54. The summed E-state index contributed by atoms with van der Waals surface area (Å²) in [6, 6.07) is 11.3. The normalized spacial score (nSPS) is 14.9. The summed E-state index contributed by atoms with van der Waals surface area (Å²) in [5.41, 5.74) is 6.85. The lowest BCUT2D eigenvalue weighted by Crippen LogP contribution is -2.26. The first-order chi connectivity index (χ1) is 12.7. The highest BCUT2D eigenvalue weighted by Crippen LogP contribution is 2.23. The minimum absolute atomic E-state index is 0.369. The fourth-order valence-electron chi connectivity index (χ4n) is 3.36. The van der Waals surface area contributed by atoms with Gasteiger partial charge in [0.1, 0.15) is 5.75 Å². The van der Waals surface area contributed by atoms with E-state index in [0.717, 1.165) is 31.2 Å². The molecular formula is C21H27N3O2. The zero-order chi connectivity index (χ0) is 18.2. The molecule has 1 aliphatic carbocycles. The van der Waals surface area contributed by atoms with Gasteiger partial charge in [0.05, 0.1) is 5.56 Å². The lowest BCUT2D eigenvalue weighted by atomic mass is 9.89. The Morgan fingerprint density at radius 2 is 1.88 bits per heavy atom. The second-order valence-corrected chi connectivity index (χ2v) is 6.95. The van der Waals surface area contributed by atoms with Gasteiger partial charge in [-0.3, -0.25) is 4.79 Å². The first kappa shape index (κ1) is 18.4. The quantitative estimate of drug-likeness (QED) is 0.710. The molecule has 1 saturated carbocycles. The maximum absolute atomic E-state index is 11.0. The van der Waals surface area contributed by atoms with Gasteiger partial charge in [-0.1, -0.05) is 31.4 Å².